The van der Waals surface area contributed by atoms with Gasteiger partial charge in [0.25, 0.3) is 5.91 Å². The summed E-state index contributed by atoms with van der Waals surface area (Å²) in [6, 6.07) is 1.50. The van der Waals surface area contributed by atoms with E-state index in [4.69, 9.17) is 17.3 Å². The Kier molecular flexibility index (Phi) is 4.61. The van der Waals surface area contributed by atoms with Gasteiger partial charge in [-0.3, -0.25) is 4.79 Å². The van der Waals surface area contributed by atoms with Crippen molar-refractivity contribution < 1.29 is 4.79 Å². The highest BCUT2D eigenvalue weighted by molar-refractivity contribution is 6.29. The van der Waals surface area contributed by atoms with E-state index in [9.17, 15) is 4.79 Å². The largest absolute Gasteiger partial charge is 0.397 e. The topological polar surface area (TPSA) is 71.2 Å². The molecule has 0 bridgehead atoms. The first kappa shape index (κ1) is 14.1. The van der Waals surface area contributed by atoms with Crippen LogP contribution < -0.4 is 11.1 Å². The van der Waals surface area contributed by atoms with Gasteiger partial charge in [-0.1, -0.05) is 18.5 Å². The number of pyridine rings is 1. The van der Waals surface area contributed by atoms with E-state index in [2.05, 4.69) is 22.1 Å². The summed E-state index contributed by atoms with van der Waals surface area (Å²) in [7, 11) is 0. The number of carbonyl (C=O) groups excluding carboxylic acids is 1. The van der Waals surface area contributed by atoms with E-state index in [1.807, 2.05) is 0 Å². The number of amides is 1. The highest BCUT2D eigenvalue weighted by Crippen LogP contribution is 2.17. The van der Waals surface area contributed by atoms with Gasteiger partial charge in [0.05, 0.1) is 17.4 Å². The first-order valence-corrected chi connectivity index (χ1v) is 6.89. The number of halogens is 1. The van der Waals surface area contributed by atoms with Crippen LogP contribution in [-0.2, 0) is 0 Å². The van der Waals surface area contributed by atoms with E-state index < -0.39 is 0 Å². The number of likely N-dealkylation sites (tertiary alicyclic amines) is 1. The summed E-state index contributed by atoms with van der Waals surface area (Å²) < 4.78 is 0. The number of hydrogen-bond acceptors (Lipinski definition) is 4. The number of nitrogen functional groups attached to an aromatic ring is 1. The number of hydrogen-bond donors (Lipinski definition) is 2. The van der Waals surface area contributed by atoms with Gasteiger partial charge in [-0.05, 0) is 31.5 Å². The molecule has 6 heteroatoms. The summed E-state index contributed by atoms with van der Waals surface area (Å²) in [5.41, 5.74) is 6.47. The molecule has 1 aromatic rings. The molecule has 1 amide bonds. The lowest BCUT2D eigenvalue weighted by molar-refractivity contribution is 0.0948. The van der Waals surface area contributed by atoms with Crippen molar-refractivity contribution in [1.82, 2.24) is 15.2 Å². The van der Waals surface area contributed by atoms with E-state index in [0.717, 1.165) is 26.1 Å². The van der Waals surface area contributed by atoms with Gasteiger partial charge in [-0.15, -0.1) is 0 Å². The van der Waals surface area contributed by atoms with Crippen LogP contribution in [0, 0.1) is 5.92 Å². The van der Waals surface area contributed by atoms with E-state index in [-0.39, 0.29) is 11.1 Å². The summed E-state index contributed by atoms with van der Waals surface area (Å²) in [5, 5.41) is 3.20. The molecule has 1 fully saturated rings. The quantitative estimate of drug-likeness (QED) is 0.819. The highest BCUT2D eigenvalue weighted by atomic mass is 35.5. The number of nitrogens with two attached hydrogens (primary N) is 1. The second kappa shape index (κ2) is 6.21. The monoisotopic (exact) mass is 282 g/mol. The highest BCUT2D eigenvalue weighted by Gasteiger charge is 2.22. The Bertz CT molecular complexity index is 466. The fourth-order valence-electron chi connectivity index (χ4n) is 2.34. The first-order chi connectivity index (χ1) is 9.10. The number of nitrogens with zero attached hydrogens (tertiary/aromatic N) is 2. The summed E-state index contributed by atoms with van der Waals surface area (Å²) in [6.45, 7) is 6.05. The van der Waals surface area contributed by atoms with Crippen molar-refractivity contribution in [2.45, 2.75) is 13.3 Å². The SMILES string of the molecule is CCN1CCC(CNC(=O)c2cc(Cl)ncc2N)C1. The Morgan fingerprint density at radius 2 is 2.47 bits per heavy atom. The van der Waals surface area contributed by atoms with Crippen molar-refractivity contribution in [2.24, 2.45) is 5.92 Å². The molecule has 1 saturated heterocycles. The van der Waals surface area contributed by atoms with Gasteiger partial charge in [-0.2, -0.15) is 0 Å². The molecular formula is C13H19ClN4O. The summed E-state index contributed by atoms with van der Waals surface area (Å²) in [5.74, 6) is 0.333. The van der Waals surface area contributed by atoms with Crippen LogP contribution in [0.15, 0.2) is 12.3 Å². The maximum Gasteiger partial charge on any atom is 0.253 e. The molecule has 1 atom stereocenters. The second-order valence-electron chi connectivity index (χ2n) is 4.85. The van der Waals surface area contributed by atoms with Crippen molar-refractivity contribution in [1.29, 1.82) is 0 Å². The smallest absolute Gasteiger partial charge is 0.253 e. The van der Waals surface area contributed by atoms with Crippen molar-refractivity contribution in [3.8, 4) is 0 Å². The molecule has 1 aliphatic heterocycles. The minimum atomic E-state index is -0.184. The van der Waals surface area contributed by atoms with Gasteiger partial charge in [0.2, 0.25) is 0 Å². The van der Waals surface area contributed by atoms with Crippen LogP contribution in [0.2, 0.25) is 5.15 Å². The zero-order chi connectivity index (χ0) is 13.8. The number of nitrogens with one attached hydrogen (secondary N) is 1. The van der Waals surface area contributed by atoms with Crippen LogP contribution in [-0.4, -0.2) is 42.0 Å². The molecule has 1 aliphatic rings. The van der Waals surface area contributed by atoms with Gasteiger partial charge in [0.1, 0.15) is 5.15 Å². The Morgan fingerprint density at radius 1 is 1.68 bits per heavy atom. The molecule has 0 aliphatic carbocycles. The molecule has 1 unspecified atom stereocenters. The molecule has 0 radical (unpaired) electrons. The van der Waals surface area contributed by atoms with Gasteiger partial charge < -0.3 is 16.0 Å². The van der Waals surface area contributed by atoms with Crippen LogP contribution in [0.3, 0.4) is 0 Å². The van der Waals surface area contributed by atoms with Crippen molar-refractivity contribution >= 4 is 23.2 Å². The maximum absolute atomic E-state index is 12.0. The van der Waals surface area contributed by atoms with Crippen molar-refractivity contribution in [3.05, 3.63) is 23.0 Å². The molecule has 2 heterocycles. The zero-order valence-corrected chi connectivity index (χ0v) is 11.8. The number of aromatic nitrogens is 1. The molecule has 104 valence electrons. The number of anilines is 1. The summed E-state index contributed by atoms with van der Waals surface area (Å²) in [4.78, 5) is 18.3. The van der Waals surface area contributed by atoms with E-state index in [1.54, 1.807) is 0 Å². The predicted octanol–water partition coefficient (Wildman–Crippen LogP) is 1.39. The molecule has 3 N–H and O–H groups in total. The lowest BCUT2D eigenvalue weighted by Gasteiger charge is -2.14. The fraction of sp³-hybridized carbons (Fsp3) is 0.538. The standard InChI is InChI=1S/C13H19ClN4O/c1-2-18-4-3-9(8-18)6-17-13(19)10-5-12(14)16-7-11(10)15/h5,7,9H,2-4,6,8,15H2,1H3,(H,17,19). The van der Waals surface area contributed by atoms with Crippen LogP contribution in [0.4, 0.5) is 5.69 Å². The molecule has 1 aromatic heterocycles. The molecular weight excluding hydrogens is 264 g/mol. The Morgan fingerprint density at radius 3 is 3.16 bits per heavy atom. The molecule has 0 saturated carbocycles. The van der Waals surface area contributed by atoms with E-state index in [1.165, 1.54) is 12.3 Å². The summed E-state index contributed by atoms with van der Waals surface area (Å²) in [6.07, 6.45) is 2.53. The Balaban J connectivity index is 1.89. The average Bonchev–Trinajstić information content (AvgIpc) is 2.87. The van der Waals surface area contributed by atoms with E-state index in [0.29, 0.717) is 23.7 Å². The fourth-order valence-corrected chi connectivity index (χ4v) is 2.49. The average molecular weight is 283 g/mol. The third-order valence-electron chi connectivity index (χ3n) is 3.51. The summed E-state index contributed by atoms with van der Waals surface area (Å²) >= 11 is 5.77. The van der Waals surface area contributed by atoms with Crippen molar-refractivity contribution in [2.75, 3.05) is 31.9 Å². The minimum absolute atomic E-state index is 0.184. The lowest BCUT2D eigenvalue weighted by atomic mass is 10.1. The molecule has 0 spiro atoms. The van der Waals surface area contributed by atoms with Crippen LogP contribution >= 0.6 is 11.6 Å². The third kappa shape index (κ3) is 3.58. The van der Waals surface area contributed by atoms with Gasteiger partial charge in [0, 0.05) is 13.1 Å². The van der Waals surface area contributed by atoms with Crippen LogP contribution in [0.25, 0.3) is 0 Å². The Labute approximate surface area is 118 Å². The van der Waals surface area contributed by atoms with Gasteiger partial charge in [0.15, 0.2) is 0 Å². The van der Waals surface area contributed by atoms with Gasteiger partial charge >= 0.3 is 0 Å². The van der Waals surface area contributed by atoms with Crippen molar-refractivity contribution in [3.63, 3.8) is 0 Å². The normalized spacial score (nSPS) is 19.6. The second-order valence-corrected chi connectivity index (χ2v) is 5.24. The van der Waals surface area contributed by atoms with Gasteiger partial charge in [-0.25, -0.2) is 4.98 Å². The molecule has 5 nitrogen and oxygen atoms in total. The Hall–Kier alpha value is -1.33. The maximum atomic E-state index is 12.0. The van der Waals surface area contributed by atoms with E-state index >= 15 is 0 Å². The lowest BCUT2D eigenvalue weighted by Crippen LogP contribution is -2.31. The van der Waals surface area contributed by atoms with Crippen LogP contribution in [0.1, 0.15) is 23.7 Å². The number of carbonyl (C=O) groups is 1. The zero-order valence-electron chi connectivity index (χ0n) is 11.0. The minimum Gasteiger partial charge on any atom is -0.397 e. The molecule has 19 heavy (non-hydrogen) atoms. The first-order valence-electron chi connectivity index (χ1n) is 6.51. The van der Waals surface area contributed by atoms with Crippen LogP contribution in [0.5, 0.6) is 0 Å². The molecule has 0 aromatic carbocycles. The number of rotatable bonds is 4. The predicted molar refractivity (Wildman–Crippen MR) is 76.2 cm³/mol. The molecule has 2 rings (SSSR count). The third-order valence-corrected chi connectivity index (χ3v) is 3.72.